The van der Waals surface area contributed by atoms with Gasteiger partial charge in [-0.1, -0.05) is 30.3 Å². The minimum Gasteiger partial charge on any atom is -0.480 e. The molecule has 0 fully saturated rings. The lowest BCUT2D eigenvalue weighted by atomic mass is 10.1. The zero-order valence-corrected chi connectivity index (χ0v) is 13.1. The number of ether oxygens (including phenoxy) is 1. The maximum atomic E-state index is 12.6. The fourth-order valence-corrected chi connectivity index (χ4v) is 2.86. The van der Waals surface area contributed by atoms with E-state index in [0.29, 0.717) is 17.9 Å². The molecular formula is C18H16N4O2. The van der Waals surface area contributed by atoms with Crippen molar-refractivity contribution in [1.82, 2.24) is 14.8 Å². The third kappa shape index (κ3) is 2.52. The van der Waals surface area contributed by atoms with Gasteiger partial charge in [-0.3, -0.25) is 4.79 Å². The number of anilines is 1. The van der Waals surface area contributed by atoms with Crippen LogP contribution in [-0.4, -0.2) is 26.8 Å². The SMILES string of the molecule is Cn1cnnc1-c1ccccc1NC(=O)[C@H]1Cc2ccccc2O1. The Labute approximate surface area is 139 Å². The lowest BCUT2D eigenvalue weighted by molar-refractivity contribution is -0.122. The smallest absolute Gasteiger partial charge is 0.265 e. The van der Waals surface area contributed by atoms with Crippen LogP contribution in [0, 0.1) is 0 Å². The Kier molecular flexibility index (Phi) is 3.49. The highest BCUT2D eigenvalue weighted by Crippen LogP contribution is 2.30. The normalized spacial score (nSPS) is 15.6. The highest BCUT2D eigenvalue weighted by molar-refractivity contribution is 5.98. The number of nitrogens with one attached hydrogen (secondary N) is 1. The van der Waals surface area contributed by atoms with Gasteiger partial charge in [0, 0.05) is 19.0 Å². The molecule has 1 atom stereocenters. The molecule has 4 rings (SSSR count). The summed E-state index contributed by atoms with van der Waals surface area (Å²) in [7, 11) is 1.87. The molecule has 24 heavy (non-hydrogen) atoms. The van der Waals surface area contributed by atoms with Crippen molar-refractivity contribution in [3.8, 4) is 17.1 Å². The van der Waals surface area contributed by atoms with Gasteiger partial charge in [-0.25, -0.2) is 0 Å². The second kappa shape index (κ2) is 5.81. The Balaban J connectivity index is 1.57. The fraction of sp³-hybridized carbons (Fsp3) is 0.167. The third-order valence-corrected chi connectivity index (χ3v) is 4.08. The van der Waals surface area contributed by atoms with E-state index in [-0.39, 0.29) is 5.91 Å². The molecule has 0 radical (unpaired) electrons. The highest BCUT2D eigenvalue weighted by Gasteiger charge is 2.29. The molecule has 1 N–H and O–H groups in total. The summed E-state index contributed by atoms with van der Waals surface area (Å²) in [4.78, 5) is 12.6. The van der Waals surface area contributed by atoms with Gasteiger partial charge < -0.3 is 14.6 Å². The van der Waals surface area contributed by atoms with Gasteiger partial charge in [0.25, 0.3) is 5.91 Å². The molecule has 6 nitrogen and oxygen atoms in total. The zero-order chi connectivity index (χ0) is 16.5. The van der Waals surface area contributed by atoms with Crippen LogP contribution in [0.2, 0.25) is 0 Å². The lowest BCUT2D eigenvalue weighted by Crippen LogP contribution is -2.31. The van der Waals surface area contributed by atoms with E-state index < -0.39 is 6.10 Å². The first-order valence-corrected chi connectivity index (χ1v) is 7.71. The molecule has 3 aromatic rings. The number of nitrogens with zero attached hydrogens (tertiary/aromatic N) is 3. The van der Waals surface area contributed by atoms with Gasteiger partial charge in [-0.15, -0.1) is 10.2 Å². The van der Waals surface area contributed by atoms with Crippen molar-refractivity contribution in [2.75, 3.05) is 5.32 Å². The van der Waals surface area contributed by atoms with Crippen molar-refractivity contribution in [3.05, 3.63) is 60.4 Å². The molecule has 0 saturated heterocycles. The van der Waals surface area contributed by atoms with Gasteiger partial charge >= 0.3 is 0 Å². The number of para-hydroxylation sites is 2. The molecule has 0 bridgehead atoms. The van der Waals surface area contributed by atoms with Crippen molar-refractivity contribution < 1.29 is 9.53 Å². The number of carbonyl (C=O) groups is 1. The summed E-state index contributed by atoms with van der Waals surface area (Å²) < 4.78 is 7.56. The summed E-state index contributed by atoms with van der Waals surface area (Å²) in [6.07, 6.45) is 1.69. The first-order chi connectivity index (χ1) is 11.7. The number of aromatic nitrogens is 3. The third-order valence-electron chi connectivity index (χ3n) is 4.08. The second-order valence-electron chi connectivity index (χ2n) is 5.72. The molecule has 6 heteroatoms. The van der Waals surface area contributed by atoms with Crippen LogP contribution in [-0.2, 0) is 18.3 Å². The van der Waals surface area contributed by atoms with E-state index in [1.54, 1.807) is 6.33 Å². The van der Waals surface area contributed by atoms with Gasteiger partial charge in [-0.2, -0.15) is 0 Å². The average Bonchev–Trinajstić information content (AvgIpc) is 3.21. The van der Waals surface area contributed by atoms with Crippen LogP contribution in [0.1, 0.15) is 5.56 Å². The summed E-state index contributed by atoms with van der Waals surface area (Å²) in [6, 6.07) is 15.3. The molecule has 120 valence electrons. The molecule has 0 aliphatic carbocycles. The van der Waals surface area contributed by atoms with Crippen molar-refractivity contribution in [3.63, 3.8) is 0 Å². The van der Waals surface area contributed by atoms with Crippen LogP contribution >= 0.6 is 0 Å². The molecule has 1 aliphatic heterocycles. The van der Waals surface area contributed by atoms with Gasteiger partial charge in [-0.05, 0) is 23.8 Å². The van der Waals surface area contributed by atoms with Crippen molar-refractivity contribution in [2.24, 2.45) is 7.05 Å². The molecule has 2 aromatic carbocycles. The maximum Gasteiger partial charge on any atom is 0.265 e. The summed E-state index contributed by atoms with van der Waals surface area (Å²) in [6.45, 7) is 0. The van der Waals surface area contributed by atoms with Crippen LogP contribution in [0.3, 0.4) is 0 Å². The lowest BCUT2D eigenvalue weighted by Gasteiger charge is -2.14. The Hall–Kier alpha value is -3.15. The van der Waals surface area contributed by atoms with Gasteiger partial charge in [0.2, 0.25) is 0 Å². The van der Waals surface area contributed by atoms with E-state index in [2.05, 4.69) is 15.5 Å². The average molecular weight is 320 g/mol. The molecule has 2 heterocycles. The number of benzene rings is 2. The number of hydrogen-bond donors (Lipinski definition) is 1. The number of carbonyl (C=O) groups excluding carboxylic acids is 1. The van der Waals surface area contributed by atoms with Crippen LogP contribution in [0.4, 0.5) is 5.69 Å². The molecule has 0 unspecified atom stereocenters. The predicted octanol–water partition coefficient (Wildman–Crippen LogP) is 2.42. The molecular weight excluding hydrogens is 304 g/mol. The summed E-state index contributed by atoms with van der Waals surface area (Å²) in [5.41, 5.74) is 2.57. The van der Waals surface area contributed by atoms with Crippen LogP contribution < -0.4 is 10.1 Å². The molecule has 0 saturated carbocycles. The van der Waals surface area contributed by atoms with Crippen LogP contribution in [0.5, 0.6) is 5.75 Å². The Morgan fingerprint density at radius 2 is 2.00 bits per heavy atom. The van der Waals surface area contributed by atoms with Crippen LogP contribution in [0.25, 0.3) is 11.4 Å². The van der Waals surface area contributed by atoms with E-state index in [9.17, 15) is 4.79 Å². The predicted molar refractivity (Wildman–Crippen MR) is 89.6 cm³/mol. The Bertz CT molecular complexity index is 878. The van der Waals surface area contributed by atoms with Crippen molar-refractivity contribution >= 4 is 11.6 Å². The summed E-state index contributed by atoms with van der Waals surface area (Å²) in [5.74, 6) is 1.31. The van der Waals surface area contributed by atoms with E-state index in [0.717, 1.165) is 16.9 Å². The van der Waals surface area contributed by atoms with Crippen molar-refractivity contribution in [1.29, 1.82) is 0 Å². The minimum absolute atomic E-state index is 0.166. The standard InChI is InChI=1S/C18H16N4O2/c1-22-11-19-21-17(22)13-7-3-4-8-14(13)20-18(23)16-10-12-6-2-5-9-15(12)24-16/h2-9,11,16H,10H2,1H3,(H,20,23)/t16-/m1/s1. The number of rotatable bonds is 3. The number of amides is 1. The number of hydrogen-bond acceptors (Lipinski definition) is 4. The topological polar surface area (TPSA) is 69.0 Å². The molecule has 0 spiro atoms. The highest BCUT2D eigenvalue weighted by atomic mass is 16.5. The fourth-order valence-electron chi connectivity index (χ4n) is 2.86. The minimum atomic E-state index is -0.519. The molecule has 1 amide bonds. The summed E-state index contributed by atoms with van der Waals surface area (Å²) in [5, 5.41) is 11.0. The molecule has 1 aromatic heterocycles. The van der Waals surface area contributed by atoms with Crippen LogP contribution in [0.15, 0.2) is 54.9 Å². The summed E-state index contributed by atoms with van der Waals surface area (Å²) >= 11 is 0. The molecule has 1 aliphatic rings. The Morgan fingerprint density at radius 1 is 1.21 bits per heavy atom. The maximum absolute atomic E-state index is 12.6. The number of fused-ring (bicyclic) bond motifs is 1. The zero-order valence-electron chi connectivity index (χ0n) is 13.1. The van der Waals surface area contributed by atoms with E-state index >= 15 is 0 Å². The van der Waals surface area contributed by atoms with Crippen molar-refractivity contribution in [2.45, 2.75) is 12.5 Å². The van der Waals surface area contributed by atoms with Gasteiger partial charge in [0.1, 0.15) is 12.1 Å². The number of aryl methyl sites for hydroxylation is 1. The second-order valence-corrected chi connectivity index (χ2v) is 5.72. The van der Waals surface area contributed by atoms with Gasteiger partial charge in [0.05, 0.1) is 5.69 Å². The quantitative estimate of drug-likeness (QED) is 0.805. The van der Waals surface area contributed by atoms with E-state index in [4.69, 9.17) is 4.74 Å². The largest absolute Gasteiger partial charge is 0.480 e. The van der Waals surface area contributed by atoms with E-state index in [1.807, 2.05) is 60.1 Å². The monoisotopic (exact) mass is 320 g/mol. The van der Waals surface area contributed by atoms with Gasteiger partial charge in [0.15, 0.2) is 11.9 Å². The van der Waals surface area contributed by atoms with E-state index in [1.165, 1.54) is 0 Å². The first kappa shape index (κ1) is 14.4. The Morgan fingerprint density at radius 3 is 2.79 bits per heavy atom. The first-order valence-electron chi connectivity index (χ1n) is 7.71.